The van der Waals surface area contributed by atoms with Gasteiger partial charge in [-0.3, -0.25) is 9.78 Å². The molecule has 2 aromatic heterocycles. The fraction of sp³-hybridized carbons (Fsp3) is 0.519. The van der Waals surface area contributed by atoms with Crippen LogP contribution in [0.3, 0.4) is 0 Å². The van der Waals surface area contributed by atoms with Crippen LogP contribution in [0.2, 0.25) is 0 Å². The molecule has 8 nitrogen and oxygen atoms in total. The number of pyridine rings is 1. The first-order valence-corrected chi connectivity index (χ1v) is 13.2. The van der Waals surface area contributed by atoms with Gasteiger partial charge >= 0.3 is 6.18 Å². The summed E-state index contributed by atoms with van der Waals surface area (Å²) in [5.74, 6) is -1.57. The fourth-order valence-corrected chi connectivity index (χ4v) is 6.17. The lowest BCUT2D eigenvalue weighted by Crippen LogP contribution is -2.49. The SMILES string of the molecule is C[C@@H]1CN(c2c(C#N)cnc3c(F)cc(C4CCC4)cc23)CC[C@@H]1C(=O)N1CCn2c(nnc2C(F)(F)F)C1. The van der Waals surface area contributed by atoms with Crippen molar-refractivity contribution in [1.82, 2.24) is 24.6 Å². The van der Waals surface area contributed by atoms with Gasteiger partial charge in [0.2, 0.25) is 11.7 Å². The highest BCUT2D eigenvalue weighted by Crippen LogP contribution is 2.41. The topological polar surface area (TPSA) is 90.9 Å². The van der Waals surface area contributed by atoms with E-state index < -0.39 is 17.8 Å². The maximum Gasteiger partial charge on any atom is 0.451 e. The van der Waals surface area contributed by atoms with Crippen molar-refractivity contribution < 1.29 is 22.4 Å². The Balaban J connectivity index is 1.23. The zero-order chi connectivity index (χ0) is 27.5. The molecule has 0 unspecified atom stereocenters. The predicted molar refractivity (Wildman–Crippen MR) is 133 cm³/mol. The van der Waals surface area contributed by atoms with E-state index >= 15 is 4.39 Å². The third-order valence-electron chi connectivity index (χ3n) is 8.47. The first-order chi connectivity index (χ1) is 18.7. The first kappa shape index (κ1) is 25.5. The van der Waals surface area contributed by atoms with Crippen LogP contribution in [0.15, 0.2) is 18.3 Å². The number of nitrogens with zero attached hydrogens (tertiary/aromatic N) is 7. The number of halogens is 4. The summed E-state index contributed by atoms with van der Waals surface area (Å²) in [6.07, 6.45) is 0.452. The number of alkyl halides is 3. The number of nitriles is 1. The molecule has 1 saturated carbocycles. The number of anilines is 1. The number of carbonyl (C=O) groups is 1. The fourth-order valence-electron chi connectivity index (χ4n) is 6.17. The van der Waals surface area contributed by atoms with Crippen molar-refractivity contribution in [2.24, 2.45) is 11.8 Å². The van der Waals surface area contributed by atoms with Crippen LogP contribution in [-0.2, 0) is 24.1 Å². The molecule has 39 heavy (non-hydrogen) atoms. The molecule has 3 aromatic rings. The third kappa shape index (κ3) is 4.37. The monoisotopic (exact) mass is 541 g/mol. The zero-order valence-electron chi connectivity index (χ0n) is 21.4. The second kappa shape index (κ2) is 9.47. The second-order valence-electron chi connectivity index (χ2n) is 10.8. The average Bonchev–Trinajstić information content (AvgIpc) is 3.30. The van der Waals surface area contributed by atoms with Gasteiger partial charge in [-0.1, -0.05) is 13.3 Å². The standard InChI is InChI=1S/C27H27F4N7O/c1-15-13-36(24-18(11-32)12-33-23-20(24)9-17(10-21(23)28)16-3-2-4-16)6-5-19(15)25(39)37-7-8-38-22(14-37)34-35-26(38)27(29,30)31/h9-10,12,15-16,19H,2-8,13-14H2,1H3/t15-,19+/m1/s1. The Bertz CT molecular complexity index is 1490. The zero-order valence-corrected chi connectivity index (χ0v) is 21.4. The van der Waals surface area contributed by atoms with E-state index in [1.54, 1.807) is 11.0 Å². The van der Waals surface area contributed by atoms with Gasteiger partial charge in [0.25, 0.3) is 0 Å². The minimum absolute atomic E-state index is 0.0143. The molecule has 4 heterocycles. The van der Waals surface area contributed by atoms with Gasteiger partial charge in [-0.05, 0) is 48.8 Å². The lowest BCUT2D eigenvalue weighted by molar-refractivity contribution is -0.148. The molecule has 0 N–H and O–H groups in total. The van der Waals surface area contributed by atoms with Crippen molar-refractivity contribution in [3.8, 4) is 6.07 Å². The summed E-state index contributed by atoms with van der Waals surface area (Å²) in [6.45, 7) is 3.02. The van der Waals surface area contributed by atoms with Crippen molar-refractivity contribution in [1.29, 1.82) is 5.26 Å². The Morgan fingerprint density at radius 2 is 1.92 bits per heavy atom. The highest BCUT2D eigenvalue weighted by Gasteiger charge is 2.41. The number of hydrogen-bond acceptors (Lipinski definition) is 6. The Kier molecular flexibility index (Phi) is 6.19. The molecule has 2 aliphatic heterocycles. The smallest absolute Gasteiger partial charge is 0.370 e. The Morgan fingerprint density at radius 3 is 2.59 bits per heavy atom. The van der Waals surface area contributed by atoms with Crippen LogP contribution in [0.4, 0.5) is 23.2 Å². The largest absolute Gasteiger partial charge is 0.451 e. The number of hydrogen-bond donors (Lipinski definition) is 0. The van der Waals surface area contributed by atoms with Gasteiger partial charge in [-0.2, -0.15) is 18.4 Å². The Hall–Kier alpha value is -3.75. The van der Waals surface area contributed by atoms with Crippen molar-refractivity contribution in [3.05, 3.63) is 46.9 Å². The van der Waals surface area contributed by atoms with Gasteiger partial charge in [0.15, 0.2) is 5.82 Å². The van der Waals surface area contributed by atoms with E-state index in [9.17, 15) is 23.2 Å². The van der Waals surface area contributed by atoms with Gasteiger partial charge in [-0.15, -0.1) is 10.2 Å². The minimum Gasteiger partial charge on any atom is -0.370 e. The number of piperidine rings is 1. The predicted octanol–water partition coefficient (Wildman–Crippen LogP) is 4.63. The number of aromatic nitrogens is 4. The molecule has 0 radical (unpaired) electrons. The summed E-state index contributed by atoms with van der Waals surface area (Å²) in [4.78, 5) is 21.3. The van der Waals surface area contributed by atoms with Crippen LogP contribution in [0.1, 0.15) is 61.3 Å². The summed E-state index contributed by atoms with van der Waals surface area (Å²) in [5, 5.41) is 17.5. The molecule has 2 atom stereocenters. The molecule has 0 spiro atoms. The van der Waals surface area contributed by atoms with Crippen LogP contribution in [-0.4, -0.2) is 50.2 Å². The summed E-state index contributed by atoms with van der Waals surface area (Å²) in [6, 6.07) is 5.73. The lowest BCUT2D eigenvalue weighted by Gasteiger charge is -2.40. The van der Waals surface area contributed by atoms with Gasteiger partial charge < -0.3 is 14.4 Å². The molecule has 1 amide bonds. The van der Waals surface area contributed by atoms with Gasteiger partial charge in [-0.25, -0.2) is 4.39 Å². The second-order valence-corrected chi connectivity index (χ2v) is 10.8. The van der Waals surface area contributed by atoms with Crippen molar-refractivity contribution >= 4 is 22.5 Å². The Morgan fingerprint density at radius 1 is 1.13 bits per heavy atom. The summed E-state index contributed by atoms with van der Waals surface area (Å²) in [5.41, 5.74) is 2.16. The van der Waals surface area contributed by atoms with Crippen LogP contribution in [0.25, 0.3) is 10.9 Å². The van der Waals surface area contributed by atoms with E-state index in [1.807, 2.05) is 17.9 Å². The van der Waals surface area contributed by atoms with Crippen molar-refractivity contribution in [3.63, 3.8) is 0 Å². The van der Waals surface area contributed by atoms with Gasteiger partial charge in [0.1, 0.15) is 17.4 Å². The molecule has 0 bridgehead atoms. The minimum atomic E-state index is -4.60. The molecule has 2 fully saturated rings. The lowest BCUT2D eigenvalue weighted by atomic mass is 9.79. The number of carbonyl (C=O) groups excluding carboxylic acids is 1. The maximum atomic E-state index is 15.1. The normalized spacial score (nSPS) is 21.9. The summed E-state index contributed by atoms with van der Waals surface area (Å²) in [7, 11) is 0. The molecule has 1 aromatic carbocycles. The van der Waals surface area contributed by atoms with Gasteiger partial charge in [0, 0.05) is 43.7 Å². The number of benzene rings is 1. The number of amides is 1. The number of fused-ring (bicyclic) bond motifs is 2. The molecular formula is C27H27F4N7O. The van der Waals surface area contributed by atoms with E-state index in [2.05, 4.69) is 21.3 Å². The maximum absolute atomic E-state index is 15.1. The molecule has 6 rings (SSSR count). The Labute approximate surface area is 222 Å². The molecule has 204 valence electrons. The van der Waals surface area contributed by atoms with Crippen LogP contribution >= 0.6 is 0 Å². The highest BCUT2D eigenvalue weighted by atomic mass is 19.4. The highest BCUT2D eigenvalue weighted by molar-refractivity contribution is 5.95. The van der Waals surface area contributed by atoms with E-state index in [-0.39, 0.29) is 48.7 Å². The van der Waals surface area contributed by atoms with Crippen molar-refractivity contribution in [2.45, 2.75) is 57.8 Å². The molecule has 12 heteroatoms. The molecule has 3 aliphatic rings. The first-order valence-electron chi connectivity index (χ1n) is 13.2. The molecule has 1 saturated heterocycles. The third-order valence-corrected chi connectivity index (χ3v) is 8.47. The molecule has 1 aliphatic carbocycles. The van der Waals surface area contributed by atoms with E-state index in [1.165, 1.54) is 6.20 Å². The molecular weight excluding hydrogens is 514 g/mol. The number of rotatable bonds is 3. The average molecular weight is 542 g/mol. The van der Waals surface area contributed by atoms with E-state index in [4.69, 9.17) is 0 Å². The summed E-state index contributed by atoms with van der Waals surface area (Å²) >= 11 is 0. The van der Waals surface area contributed by atoms with Crippen LogP contribution in [0.5, 0.6) is 0 Å². The van der Waals surface area contributed by atoms with Crippen molar-refractivity contribution in [2.75, 3.05) is 24.5 Å². The summed E-state index contributed by atoms with van der Waals surface area (Å²) < 4.78 is 55.7. The quantitative estimate of drug-likeness (QED) is 0.449. The van der Waals surface area contributed by atoms with Crippen LogP contribution in [0, 0.1) is 29.0 Å². The van der Waals surface area contributed by atoms with E-state index in [0.717, 1.165) is 29.4 Å². The van der Waals surface area contributed by atoms with Crippen LogP contribution < -0.4 is 4.90 Å². The van der Waals surface area contributed by atoms with Gasteiger partial charge in [0.05, 0.1) is 17.8 Å². The van der Waals surface area contributed by atoms with E-state index in [0.29, 0.717) is 42.1 Å².